The molecule has 0 aromatic carbocycles. The standard InChI is InChI=1S/C6H14FN/c1-4(2)6(8)5(3)7/h4-6H,8H2,1-3H3. The largest absolute Gasteiger partial charge is 0.325 e. The molecule has 2 N–H and O–H groups in total. The van der Waals surface area contributed by atoms with E-state index in [0.717, 1.165) is 0 Å². The van der Waals surface area contributed by atoms with Crippen LogP contribution in [0.4, 0.5) is 4.39 Å². The second-order valence-corrected chi connectivity index (χ2v) is 2.50. The van der Waals surface area contributed by atoms with Crippen LogP contribution in [0, 0.1) is 5.92 Å². The van der Waals surface area contributed by atoms with E-state index in [1.165, 1.54) is 6.92 Å². The number of halogens is 1. The van der Waals surface area contributed by atoms with Gasteiger partial charge in [-0.25, -0.2) is 4.39 Å². The summed E-state index contributed by atoms with van der Waals surface area (Å²) in [4.78, 5) is 0. The van der Waals surface area contributed by atoms with Crippen LogP contribution in [0.1, 0.15) is 20.8 Å². The Morgan fingerprint density at radius 3 is 1.62 bits per heavy atom. The predicted molar refractivity (Wildman–Crippen MR) is 33.4 cm³/mol. The molecular weight excluding hydrogens is 105 g/mol. The Hall–Kier alpha value is -0.110. The van der Waals surface area contributed by atoms with E-state index in [1.54, 1.807) is 0 Å². The van der Waals surface area contributed by atoms with Crippen LogP contribution in [0.15, 0.2) is 0 Å². The van der Waals surface area contributed by atoms with Crippen LogP contribution in [-0.4, -0.2) is 12.2 Å². The summed E-state index contributed by atoms with van der Waals surface area (Å²) in [5.41, 5.74) is 5.38. The molecule has 1 nitrogen and oxygen atoms in total. The zero-order valence-corrected chi connectivity index (χ0v) is 5.69. The minimum absolute atomic E-state index is 0.245. The van der Waals surface area contributed by atoms with Gasteiger partial charge in [-0.05, 0) is 12.8 Å². The second-order valence-electron chi connectivity index (χ2n) is 2.50. The van der Waals surface area contributed by atoms with Gasteiger partial charge in [0.25, 0.3) is 0 Å². The van der Waals surface area contributed by atoms with Gasteiger partial charge in [0, 0.05) is 6.04 Å². The summed E-state index contributed by atoms with van der Waals surface area (Å²) >= 11 is 0. The van der Waals surface area contributed by atoms with Crippen LogP contribution < -0.4 is 5.73 Å². The van der Waals surface area contributed by atoms with Crippen LogP contribution in [0.3, 0.4) is 0 Å². The Labute approximate surface area is 50.1 Å². The molecule has 50 valence electrons. The number of nitrogens with two attached hydrogens (primary N) is 1. The summed E-state index contributed by atoms with van der Waals surface area (Å²) in [5.74, 6) is 0.245. The molecule has 0 amide bonds. The van der Waals surface area contributed by atoms with Crippen molar-refractivity contribution in [3.05, 3.63) is 0 Å². The summed E-state index contributed by atoms with van der Waals surface area (Å²) in [6.07, 6.45) is -0.880. The molecule has 0 heterocycles. The average Bonchev–Trinajstić information content (AvgIpc) is 1.64. The minimum atomic E-state index is -0.880. The summed E-state index contributed by atoms with van der Waals surface area (Å²) in [6.45, 7) is 5.33. The molecular formula is C6H14FN. The first kappa shape index (κ1) is 7.89. The molecule has 0 bridgehead atoms. The highest BCUT2D eigenvalue weighted by Crippen LogP contribution is 2.05. The molecule has 0 saturated carbocycles. The first-order valence-corrected chi connectivity index (χ1v) is 2.95. The van der Waals surface area contributed by atoms with Crippen LogP contribution in [0.2, 0.25) is 0 Å². The van der Waals surface area contributed by atoms with Gasteiger partial charge in [0.15, 0.2) is 0 Å². The van der Waals surface area contributed by atoms with Crippen molar-refractivity contribution in [2.45, 2.75) is 33.0 Å². The molecule has 0 spiro atoms. The van der Waals surface area contributed by atoms with Crippen molar-refractivity contribution in [1.82, 2.24) is 0 Å². The third-order valence-electron chi connectivity index (χ3n) is 1.30. The Morgan fingerprint density at radius 1 is 1.25 bits per heavy atom. The van der Waals surface area contributed by atoms with Crippen molar-refractivity contribution in [3.63, 3.8) is 0 Å². The van der Waals surface area contributed by atoms with Gasteiger partial charge >= 0.3 is 0 Å². The average molecular weight is 119 g/mol. The number of hydrogen-bond acceptors (Lipinski definition) is 1. The third kappa shape index (κ3) is 2.26. The van der Waals surface area contributed by atoms with E-state index in [-0.39, 0.29) is 12.0 Å². The molecule has 0 rings (SSSR count). The van der Waals surface area contributed by atoms with E-state index in [4.69, 9.17) is 5.73 Å². The topological polar surface area (TPSA) is 26.0 Å². The Morgan fingerprint density at radius 2 is 1.62 bits per heavy atom. The fraction of sp³-hybridized carbons (Fsp3) is 1.00. The van der Waals surface area contributed by atoms with Crippen molar-refractivity contribution >= 4 is 0 Å². The molecule has 0 radical (unpaired) electrons. The highest BCUT2D eigenvalue weighted by Gasteiger charge is 2.13. The normalized spacial score (nSPS) is 18.8. The lowest BCUT2D eigenvalue weighted by Crippen LogP contribution is -2.34. The van der Waals surface area contributed by atoms with Crippen LogP contribution in [0.25, 0.3) is 0 Å². The van der Waals surface area contributed by atoms with Crippen LogP contribution >= 0.6 is 0 Å². The highest BCUT2D eigenvalue weighted by atomic mass is 19.1. The van der Waals surface area contributed by atoms with E-state index in [0.29, 0.717) is 0 Å². The summed E-state index contributed by atoms with van der Waals surface area (Å²) in [6, 6.07) is -0.296. The molecule has 2 unspecified atom stereocenters. The fourth-order valence-electron chi connectivity index (χ4n) is 0.530. The highest BCUT2D eigenvalue weighted by molar-refractivity contribution is 4.70. The first-order chi connectivity index (χ1) is 3.55. The maximum Gasteiger partial charge on any atom is 0.113 e. The molecule has 0 aromatic rings. The van der Waals surface area contributed by atoms with E-state index in [1.807, 2.05) is 13.8 Å². The fourth-order valence-corrected chi connectivity index (χ4v) is 0.530. The predicted octanol–water partition coefficient (Wildman–Crippen LogP) is 1.33. The molecule has 0 aliphatic rings. The van der Waals surface area contributed by atoms with Crippen molar-refractivity contribution in [2.24, 2.45) is 11.7 Å². The van der Waals surface area contributed by atoms with Crippen molar-refractivity contribution in [1.29, 1.82) is 0 Å². The smallest absolute Gasteiger partial charge is 0.113 e. The zero-order valence-electron chi connectivity index (χ0n) is 5.69. The second kappa shape index (κ2) is 3.02. The van der Waals surface area contributed by atoms with E-state index in [2.05, 4.69) is 0 Å². The molecule has 0 aromatic heterocycles. The lowest BCUT2D eigenvalue weighted by Gasteiger charge is -2.15. The van der Waals surface area contributed by atoms with Crippen molar-refractivity contribution < 1.29 is 4.39 Å². The number of alkyl halides is 1. The SMILES string of the molecule is CC(C)C(N)C(C)F. The summed E-state index contributed by atoms with van der Waals surface area (Å²) in [7, 11) is 0. The van der Waals surface area contributed by atoms with Gasteiger partial charge in [-0.1, -0.05) is 13.8 Å². The van der Waals surface area contributed by atoms with Crippen LogP contribution in [0.5, 0.6) is 0 Å². The molecule has 2 atom stereocenters. The van der Waals surface area contributed by atoms with Gasteiger partial charge in [0.2, 0.25) is 0 Å². The van der Waals surface area contributed by atoms with Gasteiger partial charge in [-0.3, -0.25) is 0 Å². The summed E-state index contributed by atoms with van der Waals surface area (Å²) in [5, 5.41) is 0. The first-order valence-electron chi connectivity index (χ1n) is 2.95. The Kier molecular flexibility index (Phi) is 2.98. The molecule has 2 heteroatoms. The van der Waals surface area contributed by atoms with E-state index >= 15 is 0 Å². The van der Waals surface area contributed by atoms with Crippen molar-refractivity contribution in [2.75, 3.05) is 0 Å². The zero-order chi connectivity index (χ0) is 6.73. The van der Waals surface area contributed by atoms with Gasteiger partial charge in [0.05, 0.1) is 0 Å². The van der Waals surface area contributed by atoms with E-state index in [9.17, 15) is 4.39 Å². The molecule has 8 heavy (non-hydrogen) atoms. The number of hydrogen-bond donors (Lipinski definition) is 1. The lowest BCUT2D eigenvalue weighted by molar-refractivity contribution is 0.263. The number of rotatable bonds is 2. The third-order valence-corrected chi connectivity index (χ3v) is 1.30. The quantitative estimate of drug-likeness (QED) is 0.583. The van der Waals surface area contributed by atoms with Gasteiger partial charge in [-0.15, -0.1) is 0 Å². The van der Waals surface area contributed by atoms with Crippen molar-refractivity contribution in [3.8, 4) is 0 Å². The maximum absolute atomic E-state index is 12.2. The Balaban J connectivity index is 3.46. The lowest BCUT2D eigenvalue weighted by atomic mass is 10.0. The minimum Gasteiger partial charge on any atom is -0.325 e. The maximum atomic E-state index is 12.2. The van der Waals surface area contributed by atoms with Crippen LogP contribution in [-0.2, 0) is 0 Å². The molecule has 0 aliphatic carbocycles. The molecule has 0 fully saturated rings. The van der Waals surface area contributed by atoms with Gasteiger partial charge < -0.3 is 5.73 Å². The molecule has 0 saturated heterocycles. The Bertz CT molecular complexity index is 53.5. The monoisotopic (exact) mass is 119 g/mol. The van der Waals surface area contributed by atoms with E-state index < -0.39 is 6.17 Å². The van der Waals surface area contributed by atoms with Gasteiger partial charge in [0.1, 0.15) is 6.17 Å². The summed E-state index contributed by atoms with van der Waals surface area (Å²) < 4.78 is 12.2. The molecule has 0 aliphatic heterocycles. The van der Waals surface area contributed by atoms with Gasteiger partial charge in [-0.2, -0.15) is 0 Å².